The molecule has 0 fully saturated rings. The van der Waals surface area contributed by atoms with Crippen molar-refractivity contribution >= 4 is 23.8 Å². The molecular weight excluding hydrogens is 206 g/mol. The Hall–Kier alpha value is -1.59. The quantitative estimate of drug-likeness (QED) is 0.398. The molecule has 1 amide bonds. The van der Waals surface area contributed by atoms with Crippen LogP contribution in [0, 0.1) is 0 Å². The first kappa shape index (κ1) is 10.5. The molecule has 14 heavy (non-hydrogen) atoms. The molecule has 3 N–H and O–H groups in total. The Bertz CT molecular complexity index is 337. The minimum atomic E-state index is -0.381. The van der Waals surface area contributed by atoms with Crippen LogP contribution in [0.5, 0.6) is 0 Å². The summed E-state index contributed by atoms with van der Waals surface area (Å²) in [6.07, 6.45) is 0.938. The van der Waals surface area contributed by atoms with Crippen molar-refractivity contribution in [2.75, 3.05) is 0 Å². The van der Waals surface area contributed by atoms with Gasteiger partial charge in [0, 0.05) is 10.6 Å². The van der Waals surface area contributed by atoms with Crippen LogP contribution in [0.15, 0.2) is 29.4 Å². The Labute approximate surface area is 85.3 Å². The first-order chi connectivity index (χ1) is 6.74. The van der Waals surface area contributed by atoms with Crippen molar-refractivity contribution in [1.29, 1.82) is 0 Å². The Morgan fingerprint density at radius 2 is 2.07 bits per heavy atom. The third-order valence-corrected chi connectivity index (χ3v) is 1.65. The lowest BCUT2D eigenvalue weighted by molar-refractivity contribution is 0.0954. The largest absolute Gasteiger partial charge is 0.290 e. The average Bonchev–Trinajstić information content (AvgIpc) is 2.19. The van der Waals surface area contributed by atoms with Gasteiger partial charge in [-0.25, -0.2) is 5.43 Å². The van der Waals surface area contributed by atoms with Crippen molar-refractivity contribution in [3.63, 3.8) is 0 Å². The molecule has 1 aromatic carbocycles. The zero-order chi connectivity index (χ0) is 10.4. The number of halogens is 1. The predicted molar refractivity (Wildman–Crippen MR) is 52.3 cm³/mol. The van der Waals surface area contributed by atoms with Gasteiger partial charge < -0.3 is 0 Å². The van der Waals surface area contributed by atoms with Gasteiger partial charge in [0.05, 0.1) is 0 Å². The first-order valence-corrected chi connectivity index (χ1v) is 4.09. The van der Waals surface area contributed by atoms with Crippen molar-refractivity contribution in [1.82, 2.24) is 10.9 Å². The second-order valence-electron chi connectivity index (χ2n) is 2.34. The maximum atomic E-state index is 11.3. The molecule has 1 rings (SSSR count). The second-order valence-corrected chi connectivity index (χ2v) is 2.77. The van der Waals surface area contributed by atoms with Gasteiger partial charge in [-0.3, -0.25) is 15.5 Å². The molecule has 0 unspecified atom stereocenters. The lowest BCUT2D eigenvalue weighted by atomic mass is 10.2. The SMILES string of the molecule is O=C(N/N=C\NO)c1ccc(Cl)cc1. The number of carbonyl (C=O) groups excluding carboxylic acids is 1. The van der Waals surface area contributed by atoms with Gasteiger partial charge in [-0.15, -0.1) is 0 Å². The van der Waals surface area contributed by atoms with Crippen LogP contribution in [-0.4, -0.2) is 17.5 Å². The standard InChI is InChI=1S/C8H8ClN3O2/c9-7-3-1-6(2-4-7)8(13)12-10-5-11-14/h1-5,14H,(H,10,11)(H,12,13). The third kappa shape index (κ3) is 3.04. The van der Waals surface area contributed by atoms with Crippen LogP contribution < -0.4 is 10.9 Å². The van der Waals surface area contributed by atoms with E-state index in [4.69, 9.17) is 16.8 Å². The van der Waals surface area contributed by atoms with Crippen molar-refractivity contribution in [2.45, 2.75) is 0 Å². The number of hydrogen-bond acceptors (Lipinski definition) is 3. The number of amides is 1. The normalized spacial score (nSPS) is 10.1. The minimum Gasteiger partial charge on any atom is -0.290 e. The fourth-order valence-electron chi connectivity index (χ4n) is 0.786. The molecule has 0 radical (unpaired) electrons. The highest BCUT2D eigenvalue weighted by Gasteiger charge is 2.02. The third-order valence-electron chi connectivity index (χ3n) is 1.39. The molecule has 5 nitrogen and oxygen atoms in total. The average molecular weight is 214 g/mol. The van der Waals surface area contributed by atoms with Gasteiger partial charge in [0.15, 0.2) is 0 Å². The van der Waals surface area contributed by atoms with E-state index < -0.39 is 0 Å². The predicted octanol–water partition coefficient (Wildman–Crippen LogP) is 0.992. The summed E-state index contributed by atoms with van der Waals surface area (Å²) in [7, 11) is 0. The molecule has 0 bridgehead atoms. The van der Waals surface area contributed by atoms with E-state index >= 15 is 0 Å². The van der Waals surface area contributed by atoms with E-state index in [1.54, 1.807) is 29.7 Å². The molecule has 0 aromatic heterocycles. The van der Waals surface area contributed by atoms with Crippen LogP contribution in [0.3, 0.4) is 0 Å². The maximum Gasteiger partial charge on any atom is 0.271 e. The molecule has 1 aromatic rings. The van der Waals surface area contributed by atoms with E-state index in [9.17, 15) is 4.79 Å². The van der Waals surface area contributed by atoms with Crippen LogP contribution in [0.4, 0.5) is 0 Å². The molecule has 0 aliphatic heterocycles. The highest BCUT2D eigenvalue weighted by Crippen LogP contribution is 2.08. The molecular formula is C8H8ClN3O2. The molecule has 6 heteroatoms. The number of carbonyl (C=O) groups is 1. The van der Waals surface area contributed by atoms with E-state index in [1.165, 1.54) is 0 Å². The lowest BCUT2D eigenvalue weighted by Crippen LogP contribution is -2.19. The summed E-state index contributed by atoms with van der Waals surface area (Å²) in [5.41, 5.74) is 4.28. The minimum absolute atomic E-state index is 0.381. The highest BCUT2D eigenvalue weighted by atomic mass is 35.5. The van der Waals surface area contributed by atoms with Gasteiger partial charge in [-0.1, -0.05) is 11.6 Å². The summed E-state index contributed by atoms with van der Waals surface area (Å²) >= 11 is 5.64. The summed E-state index contributed by atoms with van der Waals surface area (Å²) in [6.45, 7) is 0. The lowest BCUT2D eigenvalue weighted by Gasteiger charge is -1.98. The molecule has 0 atom stereocenters. The van der Waals surface area contributed by atoms with Crippen LogP contribution in [0.1, 0.15) is 10.4 Å². The number of hydrogen-bond donors (Lipinski definition) is 3. The van der Waals surface area contributed by atoms with Gasteiger partial charge >= 0.3 is 0 Å². The Balaban J connectivity index is 2.61. The summed E-state index contributed by atoms with van der Waals surface area (Å²) in [4.78, 5) is 11.3. The Kier molecular flexibility index (Phi) is 3.90. The van der Waals surface area contributed by atoms with Crippen molar-refractivity contribution in [2.24, 2.45) is 5.10 Å². The van der Waals surface area contributed by atoms with Gasteiger partial charge in [-0.05, 0) is 24.3 Å². The molecule has 74 valence electrons. The first-order valence-electron chi connectivity index (χ1n) is 3.71. The monoisotopic (exact) mass is 213 g/mol. The smallest absolute Gasteiger partial charge is 0.271 e. The number of rotatable bonds is 3. The molecule has 0 spiro atoms. The van der Waals surface area contributed by atoms with Crippen molar-refractivity contribution in [3.8, 4) is 0 Å². The molecule has 0 saturated carbocycles. The molecule has 0 saturated heterocycles. The van der Waals surface area contributed by atoms with E-state index in [0.29, 0.717) is 10.6 Å². The molecule has 0 heterocycles. The van der Waals surface area contributed by atoms with Crippen LogP contribution in [0.25, 0.3) is 0 Å². The topological polar surface area (TPSA) is 73.7 Å². The summed E-state index contributed by atoms with van der Waals surface area (Å²) in [5, 5.41) is 12.0. The van der Waals surface area contributed by atoms with E-state index in [2.05, 4.69) is 10.5 Å². The number of hydrazone groups is 1. The Morgan fingerprint density at radius 3 is 2.64 bits per heavy atom. The number of benzene rings is 1. The Morgan fingerprint density at radius 1 is 1.43 bits per heavy atom. The van der Waals surface area contributed by atoms with Crippen molar-refractivity contribution in [3.05, 3.63) is 34.9 Å². The van der Waals surface area contributed by atoms with Gasteiger partial charge in [0.2, 0.25) is 0 Å². The van der Waals surface area contributed by atoms with Crippen LogP contribution in [-0.2, 0) is 0 Å². The highest BCUT2D eigenvalue weighted by molar-refractivity contribution is 6.30. The second kappa shape index (κ2) is 5.21. The van der Waals surface area contributed by atoms with E-state index in [-0.39, 0.29) is 5.91 Å². The molecule has 0 aliphatic rings. The number of nitrogens with one attached hydrogen (secondary N) is 2. The number of hydroxylamine groups is 1. The summed E-state index contributed by atoms with van der Waals surface area (Å²) in [6, 6.07) is 6.34. The zero-order valence-corrected chi connectivity index (χ0v) is 7.82. The summed E-state index contributed by atoms with van der Waals surface area (Å²) in [5.74, 6) is -0.381. The van der Waals surface area contributed by atoms with Gasteiger partial charge in [0.1, 0.15) is 6.34 Å². The molecule has 0 aliphatic carbocycles. The van der Waals surface area contributed by atoms with Gasteiger partial charge in [-0.2, -0.15) is 5.10 Å². The number of nitrogens with zero attached hydrogens (tertiary/aromatic N) is 1. The fourth-order valence-corrected chi connectivity index (χ4v) is 0.912. The fraction of sp³-hybridized carbons (Fsp3) is 0. The van der Waals surface area contributed by atoms with Crippen LogP contribution in [0.2, 0.25) is 5.02 Å². The van der Waals surface area contributed by atoms with Crippen molar-refractivity contribution < 1.29 is 10.0 Å². The van der Waals surface area contributed by atoms with Gasteiger partial charge in [0.25, 0.3) is 5.91 Å². The maximum absolute atomic E-state index is 11.3. The van der Waals surface area contributed by atoms with E-state index in [0.717, 1.165) is 6.34 Å². The summed E-state index contributed by atoms with van der Waals surface area (Å²) < 4.78 is 0. The van der Waals surface area contributed by atoms with Crippen LogP contribution >= 0.6 is 11.6 Å². The zero-order valence-electron chi connectivity index (χ0n) is 7.07. The van der Waals surface area contributed by atoms with E-state index in [1.807, 2.05) is 0 Å².